The topological polar surface area (TPSA) is 171 Å². The molecule has 3 atom stereocenters. The van der Waals surface area contributed by atoms with Crippen molar-refractivity contribution in [3.05, 3.63) is 50.9 Å². The van der Waals surface area contributed by atoms with E-state index in [0.717, 1.165) is 11.8 Å². The third-order valence-corrected chi connectivity index (χ3v) is 6.83. The largest absolute Gasteiger partial charge is 0.461 e. The van der Waals surface area contributed by atoms with Crippen LogP contribution in [-0.4, -0.2) is 70.4 Å². The molecule has 38 heavy (non-hydrogen) atoms. The first-order valence-electron chi connectivity index (χ1n) is 11.6. The normalized spacial score (nSPS) is 20.3. The van der Waals surface area contributed by atoms with Crippen molar-refractivity contribution >= 4 is 47.2 Å². The standard InChI is InChI=1S/C24H27N3O10S/c1-5-16(28)35-10-14-11-38-21-17(25-19(29)13-6-8-15(9-7-13)27(33)34)20(30)26(21)18(14)22(31)36-12-37-23(32)24(2,3)4/h6-9,11,17-18,21H,5,10,12H2,1-4H3,(H,25,29)/t17?,18?,21-/m0/s1. The second kappa shape index (κ2) is 11.6. The molecule has 204 valence electrons. The molecule has 2 amide bonds. The van der Waals surface area contributed by atoms with Crippen LogP contribution in [0.1, 0.15) is 44.5 Å². The monoisotopic (exact) mass is 549 g/mol. The fraction of sp³-hybridized carbons (Fsp3) is 0.458. The smallest absolute Gasteiger partial charge is 0.336 e. The molecule has 1 N–H and O–H groups in total. The van der Waals surface area contributed by atoms with Gasteiger partial charge in [-0.15, -0.1) is 11.8 Å². The van der Waals surface area contributed by atoms with Gasteiger partial charge in [0.05, 0.1) is 10.3 Å². The lowest BCUT2D eigenvalue weighted by molar-refractivity contribution is -0.384. The average molecular weight is 550 g/mol. The highest BCUT2D eigenvalue weighted by Crippen LogP contribution is 2.40. The lowest BCUT2D eigenvalue weighted by Crippen LogP contribution is -2.74. The molecule has 0 bridgehead atoms. The second-order valence-electron chi connectivity index (χ2n) is 9.40. The Bertz CT molecular complexity index is 1170. The predicted octanol–water partition coefficient (Wildman–Crippen LogP) is 1.90. The summed E-state index contributed by atoms with van der Waals surface area (Å²) in [4.78, 5) is 73.8. The van der Waals surface area contributed by atoms with Gasteiger partial charge in [-0.05, 0) is 38.3 Å². The Morgan fingerprint density at radius 2 is 1.76 bits per heavy atom. The highest BCUT2D eigenvalue weighted by molar-refractivity contribution is 8.02. The van der Waals surface area contributed by atoms with Gasteiger partial charge < -0.3 is 24.4 Å². The first-order valence-corrected chi connectivity index (χ1v) is 12.5. The maximum atomic E-state index is 13.1. The van der Waals surface area contributed by atoms with Crippen molar-refractivity contribution in [2.45, 2.75) is 51.6 Å². The molecular formula is C24H27N3O10S. The zero-order valence-corrected chi connectivity index (χ0v) is 21.9. The summed E-state index contributed by atoms with van der Waals surface area (Å²) in [5, 5.41) is 14.3. The van der Waals surface area contributed by atoms with Crippen LogP contribution in [-0.2, 0) is 33.4 Å². The zero-order valence-electron chi connectivity index (χ0n) is 21.1. The number of β-lactam (4-membered cyclic amide) rings is 1. The fourth-order valence-corrected chi connectivity index (χ4v) is 4.69. The number of nitrogens with zero attached hydrogens (tertiary/aromatic N) is 2. The fourth-order valence-electron chi connectivity index (χ4n) is 3.48. The van der Waals surface area contributed by atoms with E-state index in [4.69, 9.17) is 14.2 Å². The van der Waals surface area contributed by atoms with Crippen LogP contribution in [0.15, 0.2) is 35.2 Å². The number of nitro benzene ring substituents is 1. The Labute approximate surface area is 222 Å². The molecule has 1 fully saturated rings. The number of hydrogen-bond acceptors (Lipinski definition) is 11. The van der Waals surface area contributed by atoms with E-state index >= 15 is 0 Å². The van der Waals surface area contributed by atoms with Crippen molar-refractivity contribution in [1.29, 1.82) is 0 Å². The van der Waals surface area contributed by atoms with E-state index in [1.165, 1.54) is 29.2 Å². The molecule has 0 spiro atoms. The van der Waals surface area contributed by atoms with Gasteiger partial charge in [-0.1, -0.05) is 6.92 Å². The van der Waals surface area contributed by atoms with E-state index in [-0.39, 0.29) is 29.9 Å². The molecule has 1 saturated heterocycles. The molecule has 0 aliphatic carbocycles. The lowest BCUT2D eigenvalue weighted by atomic mass is 9.97. The minimum absolute atomic E-state index is 0.111. The summed E-state index contributed by atoms with van der Waals surface area (Å²) in [6, 6.07) is 2.62. The number of hydrogen-bond donors (Lipinski definition) is 1. The van der Waals surface area contributed by atoms with Crippen LogP contribution in [0.4, 0.5) is 5.69 Å². The van der Waals surface area contributed by atoms with E-state index in [9.17, 15) is 34.1 Å². The van der Waals surface area contributed by atoms with E-state index in [0.29, 0.717) is 0 Å². The van der Waals surface area contributed by atoms with Crippen LogP contribution in [0.3, 0.4) is 0 Å². The Kier molecular flexibility index (Phi) is 8.76. The van der Waals surface area contributed by atoms with Crippen molar-refractivity contribution in [2.75, 3.05) is 13.4 Å². The van der Waals surface area contributed by atoms with Gasteiger partial charge in [0, 0.05) is 29.7 Å². The van der Waals surface area contributed by atoms with Crippen LogP contribution < -0.4 is 5.32 Å². The first kappa shape index (κ1) is 28.6. The third kappa shape index (κ3) is 6.30. The van der Waals surface area contributed by atoms with E-state index < -0.39 is 64.3 Å². The van der Waals surface area contributed by atoms with E-state index in [1.54, 1.807) is 33.1 Å². The molecule has 3 rings (SSSR count). The molecule has 0 aromatic heterocycles. The molecule has 2 aliphatic rings. The lowest BCUT2D eigenvalue weighted by Gasteiger charge is -2.51. The number of nitrogens with one attached hydrogen (secondary N) is 1. The van der Waals surface area contributed by atoms with Crippen molar-refractivity contribution in [3.63, 3.8) is 0 Å². The number of amides is 2. The van der Waals surface area contributed by atoms with Crippen LogP contribution in [0.5, 0.6) is 0 Å². The molecule has 0 radical (unpaired) electrons. The maximum Gasteiger partial charge on any atom is 0.336 e. The van der Waals surface area contributed by atoms with Gasteiger partial charge in [-0.2, -0.15) is 0 Å². The third-order valence-electron chi connectivity index (χ3n) is 5.61. The van der Waals surface area contributed by atoms with Crippen molar-refractivity contribution in [3.8, 4) is 0 Å². The van der Waals surface area contributed by atoms with Crippen LogP contribution in [0, 0.1) is 15.5 Å². The van der Waals surface area contributed by atoms with E-state index in [2.05, 4.69) is 5.32 Å². The summed E-state index contributed by atoms with van der Waals surface area (Å²) in [5.74, 6) is -3.21. The Hall–Kier alpha value is -3.94. The Morgan fingerprint density at radius 3 is 2.34 bits per heavy atom. The number of carbonyl (C=O) groups is 5. The molecule has 1 aromatic rings. The highest BCUT2D eigenvalue weighted by Gasteiger charge is 2.56. The highest BCUT2D eigenvalue weighted by atomic mass is 32.2. The van der Waals surface area contributed by atoms with Crippen LogP contribution in [0.2, 0.25) is 0 Å². The van der Waals surface area contributed by atoms with Crippen molar-refractivity contribution in [2.24, 2.45) is 5.41 Å². The molecule has 1 aromatic carbocycles. The summed E-state index contributed by atoms with van der Waals surface area (Å²) in [7, 11) is 0. The van der Waals surface area contributed by atoms with E-state index in [1.807, 2.05) is 0 Å². The van der Waals surface area contributed by atoms with Gasteiger partial charge >= 0.3 is 17.9 Å². The maximum absolute atomic E-state index is 13.1. The Balaban J connectivity index is 1.72. The second-order valence-corrected chi connectivity index (χ2v) is 10.4. The zero-order chi connectivity index (χ0) is 28.2. The Morgan fingerprint density at radius 1 is 1.11 bits per heavy atom. The van der Waals surface area contributed by atoms with Gasteiger partial charge in [-0.25, -0.2) is 4.79 Å². The van der Waals surface area contributed by atoms with Crippen LogP contribution >= 0.6 is 11.8 Å². The minimum atomic E-state index is -1.26. The number of rotatable bonds is 9. The number of thioether (sulfide) groups is 1. The average Bonchev–Trinajstić information content (AvgIpc) is 2.88. The van der Waals surface area contributed by atoms with Crippen molar-refractivity contribution in [1.82, 2.24) is 10.2 Å². The number of carbonyl (C=O) groups excluding carboxylic acids is 5. The number of non-ortho nitro benzene ring substituents is 1. The number of nitro groups is 1. The molecule has 2 unspecified atom stereocenters. The molecule has 14 heteroatoms. The summed E-state index contributed by atoms with van der Waals surface area (Å²) in [6.45, 7) is 5.56. The van der Waals surface area contributed by atoms with Gasteiger partial charge in [0.2, 0.25) is 12.7 Å². The van der Waals surface area contributed by atoms with Gasteiger partial charge in [0.15, 0.2) is 6.04 Å². The molecule has 0 saturated carbocycles. The summed E-state index contributed by atoms with van der Waals surface area (Å²) >= 11 is 1.14. The molecule has 2 heterocycles. The minimum Gasteiger partial charge on any atom is -0.461 e. The van der Waals surface area contributed by atoms with Gasteiger partial charge in [-0.3, -0.25) is 29.3 Å². The molecule has 13 nitrogen and oxygen atoms in total. The summed E-state index contributed by atoms with van der Waals surface area (Å²) < 4.78 is 15.2. The molecular weight excluding hydrogens is 522 g/mol. The first-order chi connectivity index (χ1) is 17.8. The number of ether oxygens (including phenoxy) is 3. The SMILES string of the molecule is CCC(=O)OCC1=CS[C@H]2C(NC(=O)c3ccc([N+](=O)[O-])cc3)C(=O)N2C1C(=O)OCOC(=O)C(C)(C)C. The quantitative estimate of drug-likeness (QED) is 0.157. The number of fused-ring (bicyclic) bond motifs is 1. The predicted molar refractivity (Wildman–Crippen MR) is 132 cm³/mol. The van der Waals surface area contributed by atoms with Gasteiger partial charge in [0.1, 0.15) is 18.0 Å². The molecule has 2 aliphatic heterocycles. The number of esters is 3. The summed E-state index contributed by atoms with van der Waals surface area (Å²) in [6.07, 6.45) is 0.111. The number of benzene rings is 1. The van der Waals surface area contributed by atoms with Crippen LogP contribution in [0.25, 0.3) is 0 Å². The van der Waals surface area contributed by atoms with Gasteiger partial charge in [0.25, 0.3) is 11.6 Å². The summed E-state index contributed by atoms with van der Waals surface area (Å²) in [5.41, 5.74) is -0.608. The van der Waals surface area contributed by atoms with Crippen molar-refractivity contribution < 1.29 is 43.1 Å².